The van der Waals surface area contributed by atoms with Crippen LogP contribution in [0, 0.1) is 0 Å². The summed E-state index contributed by atoms with van der Waals surface area (Å²) in [6, 6.07) is 0. The van der Waals surface area contributed by atoms with Crippen LogP contribution in [-0.2, 0) is 14.3 Å². The van der Waals surface area contributed by atoms with E-state index in [2.05, 4.69) is 4.74 Å². The minimum atomic E-state index is -4.52. The summed E-state index contributed by atoms with van der Waals surface area (Å²) in [5, 5.41) is 1.97. The first-order valence-electron chi connectivity index (χ1n) is 4.34. The monoisotopic (exact) mass is 227 g/mol. The lowest BCUT2D eigenvalue weighted by atomic mass is 10.3. The van der Waals surface area contributed by atoms with Crippen LogP contribution < -0.4 is 5.32 Å². The lowest BCUT2D eigenvalue weighted by Crippen LogP contribution is -2.30. The van der Waals surface area contributed by atoms with Gasteiger partial charge in [0, 0.05) is 6.54 Å². The molecular weight excluding hydrogens is 215 g/mol. The van der Waals surface area contributed by atoms with Crippen molar-refractivity contribution in [2.75, 3.05) is 13.2 Å². The zero-order valence-corrected chi connectivity index (χ0v) is 8.19. The summed E-state index contributed by atoms with van der Waals surface area (Å²) < 4.78 is 39.5. The molecule has 0 saturated heterocycles. The van der Waals surface area contributed by atoms with E-state index in [1.54, 1.807) is 6.92 Å². The Balaban J connectivity index is 3.60. The minimum Gasteiger partial charge on any atom is -0.466 e. The molecule has 0 radical (unpaired) electrons. The van der Waals surface area contributed by atoms with Crippen LogP contribution in [0.2, 0.25) is 0 Å². The molecule has 0 aromatic carbocycles. The van der Waals surface area contributed by atoms with Gasteiger partial charge in [-0.2, -0.15) is 13.2 Å². The normalized spacial score (nSPS) is 10.9. The van der Waals surface area contributed by atoms with Crippen molar-refractivity contribution in [3.05, 3.63) is 0 Å². The molecule has 0 fully saturated rings. The largest absolute Gasteiger partial charge is 0.466 e. The van der Waals surface area contributed by atoms with Crippen molar-refractivity contribution in [1.29, 1.82) is 0 Å². The molecule has 0 heterocycles. The summed E-state index contributed by atoms with van der Waals surface area (Å²) in [5.41, 5.74) is 0. The Morgan fingerprint density at radius 3 is 2.40 bits per heavy atom. The molecule has 15 heavy (non-hydrogen) atoms. The molecule has 0 spiro atoms. The first-order valence-corrected chi connectivity index (χ1v) is 4.34. The Bertz CT molecular complexity index is 228. The highest BCUT2D eigenvalue weighted by molar-refractivity contribution is 5.77. The van der Waals surface area contributed by atoms with Crippen molar-refractivity contribution in [3.63, 3.8) is 0 Å². The van der Waals surface area contributed by atoms with E-state index in [1.807, 2.05) is 5.32 Å². The third kappa shape index (κ3) is 9.04. The number of ether oxygens (including phenoxy) is 1. The van der Waals surface area contributed by atoms with Gasteiger partial charge in [0.15, 0.2) is 0 Å². The number of rotatable bonds is 5. The summed E-state index contributed by atoms with van der Waals surface area (Å²) in [7, 11) is 0. The quantitative estimate of drug-likeness (QED) is 0.713. The van der Waals surface area contributed by atoms with Crippen molar-refractivity contribution in [1.82, 2.24) is 5.32 Å². The molecule has 0 aliphatic heterocycles. The molecule has 4 nitrogen and oxygen atoms in total. The average molecular weight is 227 g/mol. The van der Waals surface area contributed by atoms with Crippen LogP contribution in [0.5, 0.6) is 0 Å². The highest BCUT2D eigenvalue weighted by Gasteiger charge is 2.30. The summed E-state index contributed by atoms with van der Waals surface area (Å²) in [5.74, 6) is -1.70. The van der Waals surface area contributed by atoms with E-state index >= 15 is 0 Å². The van der Waals surface area contributed by atoms with Gasteiger partial charge in [0.1, 0.15) is 6.42 Å². The number of nitrogens with one attached hydrogen (secondary N) is 1. The van der Waals surface area contributed by atoms with Gasteiger partial charge in [-0.3, -0.25) is 9.59 Å². The van der Waals surface area contributed by atoms with E-state index in [-0.39, 0.29) is 19.6 Å². The van der Waals surface area contributed by atoms with Crippen LogP contribution >= 0.6 is 0 Å². The number of esters is 1. The molecular formula is C8H12F3NO3. The summed E-state index contributed by atoms with van der Waals surface area (Å²) >= 11 is 0. The van der Waals surface area contributed by atoms with E-state index < -0.39 is 24.5 Å². The summed E-state index contributed by atoms with van der Waals surface area (Å²) in [6.45, 7) is 1.67. The number of amides is 1. The maximum Gasteiger partial charge on any atom is 0.397 e. The first-order chi connectivity index (χ1) is 6.85. The van der Waals surface area contributed by atoms with Crippen LogP contribution in [0.3, 0.4) is 0 Å². The number of carbonyl (C=O) groups is 2. The van der Waals surface area contributed by atoms with Gasteiger partial charge in [0.05, 0.1) is 13.0 Å². The van der Waals surface area contributed by atoms with Crippen molar-refractivity contribution >= 4 is 11.9 Å². The Labute approximate surface area is 84.8 Å². The Morgan fingerprint density at radius 1 is 1.33 bits per heavy atom. The van der Waals surface area contributed by atoms with Crippen LogP contribution in [0.15, 0.2) is 0 Å². The van der Waals surface area contributed by atoms with E-state index in [0.29, 0.717) is 0 Å². The van der Waals surface area contributed by atoms with E-state index in [0.717, 1.165) is 0 Å². The molecule has 0 aliphatic rings. The molecule has 7 heteroatoms. The second-order valence-electron chi connectivity index (χ2n) is 2.70. The molecule has 0 aliphatic carbocycles. The van der Waals surface area contributed by atoms with Crippen molar-refractivity contribution in [2.45, 2.75) is 25.9 Å². The fourth-order valence-electron chi connectivity index (χ4n) is 0.782. The third-order valence-corrected chi connectivity index (χ3v) is 1.32. The van der Waals surface area contributed by atoms with Gasteiger partial charge in [0.25, 0.3) is 0 Å². The van der Waals surface area contributed by atoms with Gasteiger partial charge in [-0.1, -0.05) is 0 Å². The number of alkyl halides is 3. The van der Waals surface area contributed by atoms with Crippen molar-refractivity contribution in [2.24, 2.45) is 0 Å². The number of halogens is 3. The number of hydrogen-bond donors (Lipinski definition) is 1. The molecule has 0 rings (SSSR count). The van der Waals surface area contributed by atoms with E-state index in [1.165, 1.54) is 0 Å². The third-order valence-electron chi connectivity index (χ3n) is 1.32. The van der Waals surface area contributed by atoms with Crippen molar-refractivity contribution < 1.29 is 27.5 Å². The average Bonchev–Trinajstić information content (AvgIpc) is 2.00. The molecule has 1 amide bonds. The van der Waals surface area contributed by atoms with Gasteiger partial charge >= 0.3 is 12.1 Å². The molecule has 0 saturated carbocycles. The van der Waals surface area contributed by atoms with Crippen molar-refractivity contribution in [3.8, 4) is 0 Å². The SMILES string of the molecule is CCOC(=O)CCNC(=O)CC(F)(F)F. The van der Waals surface area contributed by atoms with Crippen LogP contribution in [0.25, 0.3) is 0 Å². The molecule has 0 aromatic heterocycles. The second-order valence-corrected chi connectivity index (χ2v) is 2.70. The van der Waals surface area contributed by atoms with Crippen LogP contribution in [0.1, 0.15) is 19.8 Å². The predicted molar refractivity (Wildman–Crippen MR) is 44.9 cm³/mol. The minimum absolute atomic E-state index is 0.128. The van der Waals surface area contributed by atoms with Crippen LogP contribution in [-0.4, -0.2) is 31.2 Å². The topological polar surface area (TPSA) is 55.4 Å². The highest BCUT2D eigenvalue weighted by Crippen LogP contribution is 2.18. The Hall–Kier alpha value is -1.27. The Morgan fingerprint density at radius 2 is 1.93 bits per heavy atom. The molecule has 0 unspecified atom stereocenters. The van der Waals surface area contributed by atoms with Gasteiger partial charge in [-0.25, -0.2) is 0 Å². The highest BCUT2D eigenvalue weighted by atomic mass is 19.4. The van der Waals surface area contributed by atoms with Gasteiger partial charge in [-0.15, -0.1) is 0 Å². The lowest BCUT2D eigenvalue weighted by Gasteiger charge is -2.07. The first kappa shape index (κ1) is 13.7. The maximum atomic E-state index is 11.7. The molecule has 0 atom stereocenters. The molecule has 0 bridgehead atoms. The lowest BCUT2D eigenvalue weighted by molar-refractivity contribution is -0.153. The number of hydrogen-bond acceptors (Lipinski definition) is 3. The van der Waals surface area contributed by atoms with E-state index in [4.69, 9.17) is 0 Å². The molecule has 0 aromatic rings. The summed E-state index contributed by atoms with van der Waals surface area (Å²) in [4.78, 5) is 21.3. The zero-order chi connectivity index (χ0) is 11.9. The second kappa shape index (κ2) is 6.26. The fraction of sp³-hybridized carbons (Fsp3) is 0.750. The zero-order valence-electron chi connectivity index (χ0n) is 8.19. The van der Waals surface area contributed by atoms with E-state index in [9.17, 15) is 22.8 Å². The maximum absolute atomic E-state index is 11.7. The fourth-order valence-corrected chi connectivity index (χ4v) is 0.782. The van der Waals surface area contributed by atoms with Crippen LogP contribution in [0.4, 0.5) is 13.2 Å². The predicted octanol–water partition coefficient (Wildman–Crippen LogP) is 1.01. The number of carbonyl (C=O) groups excluding carboxylic acids is 2. The van der Waals surface area contributed by atoms with Gasteiger partial charge in [0.2, 0.25) is 5.91 Å². The Kier molecular flexibility index (Phi) is 5.73. The summed E-state index contributed by atoms with van der Waals surface area (Å²) in [6.07, 6.45) is -6.18. The smallest absolute Gasteiger partial charge is 0.397 e. The van der Waals surface area contributed by atoms with Gasteiger partial charge < -0.3 is 10.1 Å². The standard InChI is InChI=1S/C8H12F3NO3/c1-2-15-7(14)3-4-12-6(13)5-8(9,10)11/h2-5H2,1H3,(H,12,13). The van der Waals surface area contributed by atoms with Gasteiger partial charge in [-0.05, 0) is 6.92 Å². The molecule has 1 N–H and O–H groups in total. The molecule has 88 valence electrons.